The minimum absolute atomic E-state index is 0.0184. The van der Waals surface area contributed by atoms with E-state index in [1.54, 1.807) is 19.1 Å². The number of hydrogen-bond donors (Lipinski definition) is 2. The standard InChI is InChI=1S/C12H17N5O2/c1-7(2)18-12-9(13)4-5-10(16-12)14-6-11-15-8(3)19-17-11/h4-5,7H,6,13H2,1-3H3,(H,14,16). The first-order valence-electron chi connectivity index (χ1n) is 6.01. The summed E-state index contributed by atoms with van der Waals surface area (Å²) in [7, 11) is 0. The highest BCUT2D eigenvalue weighted by Crippen LogP contribution is 2.22. The predicted molar refractivity (Wildman–Crippen MR) is 70.8 cm³/mol. The Bertz CT molecular complexity index is 553. The van der Waals surface area contributed by atoms with E-state index in [0.717, 1.165) is 0 Å². The van der Waals surface area contributed by atoms with Gasteiger partial charge in [-0.05, 0) is 26.0 Å². The Kier molecular flexibility index (Phi) is 3.84. The van der Waals surface area contributed by atoms with Crippen molar-refractivity contribution in [3.05, 3.63) is 23.8 Å². The Morgan fingerprint density at radius 3 is 2.79 bits per heavy atom. The molecular weight excluding hydrogens is 246 g/mol. The van der Waals surface area contributed by atoms with Gasteiger partial charge in [-0.1, -0.05) is 5.16 Å². The predicted octanol–water partition coefficient (Wildman–Crippen LogP) is 1.75. The average Bonchev–Trinajstić information content (AvgIpc) is 2.75. The summed E-state index contributed by atoms with van der Waals surface area (Å²) in [5.74, 6) is 2.17. The van der Waals surface area contributed by atoms with Crippen LogP contribution < -0.4 is 15.8 Å². The van der Waals surface area contributed by atoms with Crippen molar-refractivity contribution in [1.29, 1.82) is 0 Å². The second kappa shape index (κ2) is 5.55. The van der Waals surface area contributed by atoms with Crippen molar-refractivity contribution in [3.63, 3.8) is 0 Å². The van der Waals surface area contributed by atoms with Crippen molar-refractivity contribution in [2.45, 2.75) is 33.4 Å². The molecule has 0 amide bonds. The Morgan fingerprint density at radius 2 is 2.16 bits per heavy atom. The molecule has 19 heavy (non-hydrogen) atoms. The number of rotatable bonds is 5. The average molecular weight is 263 g/mol. The molecule has 0 bridgehead atoms. The third-order valence-corrected chi connectivity index (χ3v) is 2.23. The van der Waals surface area contributed by atoms with Gasteiger partial charge in [0.25, 0.3) is 0 Å². The molecule has 0 saturated carbocycles. The number of hydrogen-bond acceptors (Lipinski definition) is 7. The van der Waals surface area contributed by atoms with Gasteiger partial charge in [0, 0.05) is 6.92 Å². The Morgan fingerprint density at radius 1 is 1.37 bits per heavy atom. The smallest absolute Gasteiger partial charge is 0.239 e. The molecule has 7 heteroatoms. The molecule has 0 fully saturated rings. The van der Waals surface area contributed by atoms with Crippen LogP contribution >= 0.6 is 0 Å². The van der Waals surface area contributed by atoms with Gasteiger partial charge in [-0.2, -0.15) is 9.97 Å². The fourth-order valence-electron chi connectivity index (χ4n) is 1.45. The number of aryl methyl sites for hydroxylation is 1. The Balaban J connectivity index is 2.04. The normalized spacial score (nSPS) is 10.7. The van der Waals surface area contributed by atoms with E-state index in [0.29, 0.717) is 35.6 Å². The van der Waals surface area contributed by atoms with Gasteiger partial charge in [0.05, 0.1) is 18.3 Å². The number of nitrogens with zero attached hydrogens (tertiary/aromatic N) is 3. The molecule has 0 unspecified atom stereocenters. The van der Waals surface area contributed by atoms with Crippen LogP contribution in [0.5, 0.6) is 5.88 Å². The van der Waals surface area contributed by atoms with Gasteiger partial charge in [0.1, 0.15) is 5.82 Å². The van der Waals surface area contributed by atoms with Crippen LogP contribution in [0.4, 0.5) is 11.5 Å². The van der Waals surface area contributed by atoms with Crippen LogP contribution in [0, 0.1) is 6.92 Å². The van der Waals surface area contributed by atoms with E-state index < -0.39 is 0 Å². The maximum absolute atomic E-state index is 5.79. The van der Waals surface area contributed by atoms with Crippen LogP contribution in [0.2, 0.25) is 0 Å². The third kappa shape index (κ3) is 3.57. The summed E-state index contributed by atoms with van der Waals surface area (Å²) >= 11 is 0. The van der Waals surface area contributed by atoms with Gasteiger partial charge in [0.15, 0.2) is 5.82 Å². The summed E-state index contributed by atoms with van der Waals surface area (Å²) < 4.78 is 10.4. The summed E-state index contributed by atoms with van der Waals surface area (Å²) in [5.41, 5.74) is 6.30. The molecule has 3 N–H and O–H groups in total. The van der Waals surface area contributed by atoms with Gasteiger partial charge in [0.2, 0.25) is 11.8 Å². The molecule has 0 aliphatic carbocycles. The molecule has 0 aromatic carbocycles. The van der Waals surface area contributed by atoms with Crippen LogP contribution in [0.25, 0.3) is 0 Å². The van der Waals surface area contributed by atoms with Crippen LogP contribution in [0.15, 0.2) is 16.7 Å². The van der Waals surface area contributed by atoms with Gasteiger partial charge < -0.3 is 20.3 Å². The quantitative estimate of drug-likeness (QED) is 0.847. The van der Waals surface area contributed by atoms with Crippen LogP contribution in [-0.2, 0) is 6.54 Å². The molecule has 0 aliphatic heterocycles. The molecule has 2 aromatic heterocycles. The van der Waals surface area contributed by atoms with Crippen molar-refractivity contribution >= 4 is 11.5 Å². The number of aromatic nitrogens is 3. The second-order valence-corrected chi connectivity index (χ2v) is 4.34. The monoisotopic (exact) mass is 263 g/mol. The molecule has 0 radical (unpaired) electrons. The highest BCUT2D eigenvalue weighted by Gasteiger charge is 2.07. The van der Waals surface area contributed by atoms with Crippen molar-refractivity contribution in [3.8, 4) is 5.88 Å². The van der Waals surface area contributed by atoms with Crippen molar-refractivity contribution < 1.29 is 9.26 Å². The summed E-state index contributed by atoms with van der Waals surface area (Å²) in [4.78, 5) is 8.38. The summed E-state index contributed by atoms with van der Waals surface area (Å²) in [5, 5.41) is 6.87. The highest BCUT2D eigenvalue weighted by molar-refractivity contribution is 5.53. The number of ether oxygens (including phenoxy) is 1. The zero-order chi connectivity index (χ0) is 13.8. The maximum Gasteiger partial charge on any atom is 0.239 e. The Labute approximate surface area is 111 Å². The fraction of sp³-hybridized carbons (Fsp3) is 0.417. The topological polar surface area (TPSA) is 99.1 Å². The zero-order valence-electron chi connectivity index (χ0n) is 11.2. The lowest BCUT2D eigenvalue weighted by Crippen LogP contribution is -2.10. The van der Waals surface area contributed by atoms with Gasteiger partial charge in [-0.3, -0.25) is 0 Å². The van der Waals surface area contributed by atoms with Crippen LogP contribution in [-0.4, -0.2) is 21.2 Å². The van der Waals surface area contributed by atoms with E-state index in [-0.39, 0.29) is 6.10 Å². The van der Waals surface area contributed by atoms with E-state index in [9.17, 15) is 0 Å². The van der Waals surface area contributed by atoms with Crippen molar-refractivity contribution in [2.75, 3.05) is 11.1 Å². The molecule has 7 nitrogen and oxygen atoms in total. The fourth-order valence-corrected chi connectivity index (χ4v) is 1.45. The summed E-state index contributed by atoms with van der Waals surface area (Å²) in [6, 6.07) is 3.52. The molecule has 0 saturated heterocycles. The summed E-state index contributed by atoms with van der Waals surface area (Å²) in [6.07, 6.45) is 0.0184. The number of nitrogens with two attached hydrogens (primary N) is 1. The van der Waals surface area contributed by atoms with Crippen molar-refractivity contribution in [2.24, 2.45) is 0 Å². The lowest BCUT2D eigenvalue weighted by atomic mass is 10.4. The largest absolute Gasteiger partial charge is 0.473 e. The molecule has 2 rings (SSSR count). The SMILES string of the molecule is Cc1nc(CNc2ccc(N)c(OC(C)C)n2)no1. The summed E-state index contributed by atoms with van der Waals surface area (Å²) in [6.45, 7) is 6.01. The lowest BCUT2D eigenvalue weighted by Gasteiger charge is -2.12. The zero-order valence-corrected chi connectivity index (χ0v) is 11.2. The van der Waals surface area contributed by atoms with Crippen molar-refractivity contribution in [1.82, 2.24) is 15.1 Å². The minimum Gasteiger partial charge on any atom is -0.473 e. The molecular formula is C12H17N5O2. The highest BCUT2D eigenvalue weighted by atomic mass is 16.5. The molecule has 0 aliphatic rings. The number of nitrogen functional groups attached to an aromatic ring is 1. The van der Waals surface area contributed by atoms with E-state index in [1.165, 1.54) is 0 Å². The first-order valence-corrected chi connectivity index (χ1v) is 6.01. The first kappa shape index (κ1) is 13.1. The van der Waals surface area contributed by atoms with Gasteiger partial charge in [-0.15, -0.1) is 0 Å². The molecule has 2 heterocycles. The number of pyridine rings is 1. The van der Waals surface area contributed by atoms with Gasteiger partial charge >= 0.3 is 0 Å². The Hall–Kier alpha value is -2.31. The van der Waals surface area contributed by atoms with E-state index >= 15 is 0 Å². The van der Waals surface area contributed by atoms with Crippen LogP contribution in [0.3, 0.4) is 0 Å². The number of anilines is 2. The molecule has 102 valence electrons. The lowest BCUT2D eigenvalue weighted by molar-refractivity contribution is 0.234. The third-order valence-electron chi connectivity index (χ3n) is 2.23. The first-order chi connectivity index (χ1) is 9.04. The van der Waals surface area contributed by atoms with E-state index in [1.807, 2.05) is 13.8 Å². The van der Waals surface area contributed by atoms with Gasteiger partial charge in [-0.25, -0.2) is 0 Å². The number of nitrogens with one attached hydrogen (secondary N) is 1. The molecule has 0 atom stereocenters. The van der Waals surface area contributed by atoms with E-state index in [2.05, 4.69) is 20.4 Å². The molecule has 2 aromatic rings. The van der Waals surface area contributed by atoms with E-state index in [4.69, 9.17) is 15.0 Å². The molecule has 0 spiro atoms. The maximum atomic E-state index is 5.79. The van der Waals surface area contributed by atoms with Crippen LogP contribution in [0.1, 0.15) is 25.6 Å². The second-order valence-electron chi connectivity index (χ2n) is 4.34. The minimum atomic E-state index is 0.0184.